The maximum absolute atomic E-state index is 8.88. The fourth-order valence-corrected chi connectivity index (χ4v) is 2.76. The zero-order chi connectivity index (χ0) is 13.8. The zero-order valence-corrected chi connectivity index (χ0v) is 12.5. The van der Waals surface area contributed by atoms with Gasteiger partial charge in [0.1, 0.15) is 5.54 Å². The summed E-state index contributed by atoms with van der Waals surface area (Å²) in [6, 6.07) is 2.89. The van der Waals surface area contributed by atoms with Crippen LogP contribution < -0.4 is 5.73 Å². The van der Waals surface area contributed by atoms with Crippen molar-refractivity contribution in [3.8, 4) is 6.07 Å². The van der Waals surface area contributed by atoms with Crippen molar-refractivity contribution in [2.24, 2.45) is 11.1 Å². The largest absolute Gasteiger partial charge is 0.314 e. The van der Waals surface area contributed by atoms with E-state index in [-0.39, 0.29) is 0 Å². The van der Waals surface area contributed by atoms with Crippen LogP contribution in [0.1, 0.15) is 59.3 Å². The first-order chi connectivity index (χ1) is 8.26. The van der Waals surface area contributed by atoms with Crippen molar-refractivity contribution in [2.45, 2.75) is 70.9 Å². The predicted octanol–water partition coefficient (Wildman–Crippen LogP) is 2.91. The molecule has 0 aromatic rings. The number of nitrogens with zero attached hydrogens (tertiary/aromatic N) is 2. The predicted molar refractivity (Wildman–Crippen MR) is 76.1 cm³/mol. The van der Waals surface area contributed by atoms with Crippen LogP contribution in [0.2, 0.25) is 0 Å². The van der Waals surface area contributed by atoms with Crippen molar-refractivity contribution in [2.75, 3.05) is 13.6 Å². The Kier molecular flexibility index (Phi) is 5.19. The first kappa shape index (κ1) is 15.5. The molecule has 1 aliphatic rings. The van der Waals surface area contributed by atoms with Gasteiger partial charge in [0.2, 0.25) is 0 Å². The summed E-state index contributed by atoms with van der Waals surface area (Å²) in [7, 11) is 2.21. The van der Waals surface area contributed by atoms with Crippen molar-refractivity contribution in [1.82, 2.24) is 4.90 Å². The molecule has 3 heteroatoms. The van der Waals surface area contributed by atoms with Crippen LogP contribution in [0.25, 0.3) is 0 Å². The molecule has 0 bridgehead atoms. The van der Waals surface area contributed by atoms with Crippen molar-refractivity contribution in [3.05, 3.63) is 0 Å². The summed E-state index contributed by atoms with van der Waals surface area (Å²) >= 11 is 0. The highest BCUT2D eigenvalue weighted by atomic mass is 15.1. The summed E-state index contributed by atoms with van der Waals surface area (Å²) in [6.45, 7) is 7.61. The van der Waals surface area contributed by atoms with Crippen LogP contribution in [0.4, 0.5) is 0 Å². The lowest BCUT2D eigenvalue weighted by Gasteiger charge is -2.38. The topological polar surface area (TPSA) is 53.0 Å². The molecule has 1 aliphatic carbocycles. The van der Waals surface area contributed by atoms with Gasteiger partial charge in [-0.15, -0.1) is 0 Å². The summed E-state index contributed by atoms with van der Waals surface area (Å²) < 4.78 is 0. The van der Waals surface area contributed by atoms with Gasteiger partial charge in [-0.1, -0.05) is 13.8 Å². The molecule has 0 radical (unpaired) electrons. The zero-order valence-electron chi connectivity index (χ0n) is 12.5. The Bertz CT molecular complexity index is 291. The van der Waals surface area contributed by atoms with E-state index in [1.54, 1.807) is 0 Å². The third-order valence-electron chi connectivity index (χ3n) is 4.39. The molecule has 1 unspecified atom stereocenters. The van der Waals surface area contributed by atoms with Crippen molar-refractivity contribution < 1.29 is 0 Å². The van der Waals surface area contributed by atoms with Crippen LogP contribution in [0, 0.1) is 16.7 Å². The first-order valence-corrected chi connectivity index (χ1v) is 7.16. The van der Waals surface area contributed by atoms with Gasteiger partial charge in [-0.3, -0.25) is 0 Å². The van der Waals surface area contributed by atoms with Crippen molar-refractivity contribution in [3.63, 3.8) is 0 Å². The number of hydrogen-bond donors (Lipinski definition) is 1. The maximum Gasteiger partial charge on any atom is 0.101 e. The number of hydrogen-bond acceptors (Lipinski definition) is 3. The number of nitriles is 1. The van der Waals surface area contributed by atoms with E-state index >= 15 is 0 Å². The summed E-state index contributed by atoms with van der Waals surface area (Å²) in [5, 5.41) is 8.88. The highest BCUT2D eigenvalue weighted by molar-refractivity contribution is 5.00. The van der Waals surface area contributed by atoms with E-state index in [2.05, 4.69) is 31.9 Å². The average molecular weight is 251 g/mol. The summed E-state index contributed by atoms with van der Waals surface area (Å²) in [5.41, 5.74) is 5.71. The minimum Gasteiger partial charge on any atom is -0.314 e. The standard InChI is InChI=1S/C15H29N3/c1-14(2)9-6-13(7-10-14)18(4)11-5-8-15(3,17)12-16/h13H,5-11,17H2,1-4H3. The summed E-state index contributed by atoms with van der Waals surface area (Å²) in [4.78, 5) is 2.46. The third-order valence-corrected chi connectivity index (χ3v) is 4.39. The van der Waals surface area contributed by atoms with Crippen LogP contribution in [0.3, 0.4) is 0 Å². The molecule has 1 rings (SSSR count). The molecule has 1 fully saturated rings. The van der Waals surface area contributed by atoms with E-state index in [1.807, 2.05) is 6.92 Å². The molecule has 104 valence electrons. The molecule has 3 nitrogen and oxygen atoms in total. The summed E-state index contributed by atoms with van der Waals surface area (Å²) in [5.74, 6) is 0. The molecule has 0 heterocycles. The van der Waals surface area contributed by atoms with Crippen molar-refractivity contribution in [1.29, 1.82) is 5.26 Å². The number of rotatable bonds is 5. The second-order valence-electron chi connectivity index (χ2n) is 7.01. The van der Waals surface area contributed by atoms with E-state index in [4.69, 9.17) is 11.0 Å². The van der Waals surface area contributed by atoms with E-state index < -0.39 is 5.54 Å². The van der Waals surface area contributed by atoms with Crippen LogP contribution in [0.15, 0.2) is 0 Å². The quantitative estimate of drug-likeness (QED) is 0.817. The van der Waals surface area contributed by atoms with E-state index in [0.717, 1.165) is 25.4 Å². The van der Waals surface area contributed by atoms with Gasteiger partial charge >= 0.3 is 0 Å². The molecule has 0 aliphatic heterocycles. The molecule has 1 saturated carbocycles. The fourth-order valence-electron chi connectivity index (χ4n) is 2.76. The first-order valence-electron chi connectivity index (χ1n) is 7.16. The van der Waals surface area contributed by atoms with Crippen molar-refractivity contribution >= 4 is 0 Å². The highest BCUT2D eigenvalue weighted by Gasteiger charge is 2.28. The monoisotopic (exact) mass is 251 g/mol. The average Bonchev–Trinajstić information content (AvgIpc) is 2.28. The molecule has 2 N–H and O–H groups in total. The second kappa shape index (κ2) is 6.04. The third kappa shape index (κ3) is 4.96. The molecule has 0 spiro atoms. The van der Waals surface area contributed by atoms with Gasteiger partial charge < -0.3 is 10.6 Å². The van der Waals surface area contributed by atoms with Gasteiger partial charge in [-0.05, 0) is 64.5 Å². The van der Waals surface area contributed by atoms with Gasteiger partial charge in [-0.2, -0.15) is 5.26 Å². The van der Waals surface area contributed by atoms with Crippen LogP contribution in [0.5, 0.6) is 0 Å². The van der Waals surface area contributed by atoms with Gasteiger partial charge in [0, 0.05) is 6.04 Å². The molecular formula is C15H29N3. The SMILES string of the molecule is CN(CCCC(C)(N)C#N)C1CCC(C)(C)CC1. The second-order valence-corrected chi connectivity index (χ2v) is 7.01. The Hall–Kier alpha value is -0.590. The Labute approximate surface area is 112 Å². The lowest BCUT2D eigenvalue weighted by molar-refractivity contribution is 0.125. The van der Waals surface area contributed by atoms with Crippen LogP contribution in [-0.4, -0.2) is 30.1 Å². The Morgan fingerprint density at radius 2 is 1.94 bits per heavy atom. The lowest BCUT2D eigenvalue weighted by atomic mass is 9.75. The molecular weight excluding hydrogens is 222 g/mol. The summed E-state index contributed by atoms with van der Waals surface area (Å²) in [6.07, 6.45) is 7.07. The van der Waals surface area contributed by atoms with Crippen LogP contribution >= 0.6 is 0 Å². The molecule has 0 saturated heterocycles. The van der Waals surface area contributed by atoms with Crippen LogP contribution in [-0.2, 0) is 0 Å². The Morgan fingerprint density at radius 3 is 2.44 bits per heavy atom. The van der Waals surface area contributed by atoms with E-state index in [0.29, 0.717) is 5.41 Å². The number of nitrogens with two attached hydrogens (primary N) is 1. The highest BCUT2D eigenvalue weighted by Crippen LogP contribution is 2.36. The van der Waals surface area contributed by atoms with E-state index in [1.165, 1.54) is 25.7 Å². The molecule has 0 amide bonds. The molecule has 0 aromatic carbocycles. The maximum atomic E-state index is 8.88. The van der Waals surface area contributed by atoms with Gasteiger partial charge in [-0.25, -0.2) is 0 Å². The smallest absolute Gasteiger partial charge is 0.101 e. The molecule has 0 aromatic heterocycles. The Morgan fingerprint density at radius 1 is 1.39 bits per heavy atom. The van der Waals surface area contributed by atoms with Gasteiger partial charge in [0.15, 0.2) is 0 Å². The minimum atomic E-state index is -0.657. The molecule has 1 atom stereocenters. The van der Waals surface area contributed by atoms with Gasteiger partial charge in [0.05, 0.1) is 6.07 Å². The fraction of sp³-hybridized carbons (Fsp3) is 0.933. The van der Waals surface area contributed by atoms with Gasteiger partial charge in [0.25, 0.3) is 0 Å². The van der Waals surface area contributed by atoms with E-state index in [9.17, 15) is 0 Å². The lowest BCUT2D eigenvalue weighted by Crippen LogP contribution is -2.39. The minimum absolute atomic E-state index is 0.536. The Balaban J connectivity index is 2.26. The molecule has 18 heavy (non-hydrogen) atoms. The normalized spacial score (nSPS) is 23.6.